The number of amides is 3. The molecule has 0 aromatic carbocycles. The molecule has 34 heavy (non-hydrogen) atoms. The van der Waals surface area contributed by atoms with Gasteiger partial charge in [-0.25, -0.2) is 4.79 Å². The molecule has 0 fully saturated rings. The Morgan fingerprint density at radius 2 is 1.32 bits per heavy atom. The number of nitrogens with one attached hydrogen (secondary N) is 3. The molecule has 0 aromatic rings. The zero-order valence-electron chi connectivity index (χ0n) is 19.9. The number of aliphatic carboxylic acids is 3. The molecule has 0 saturated heterocycles. The summed E-state index contributed by atoms with van der Waals surface area (Å²) >= 11 is 0. The van der Waals surface area contributed by atoms with E-state index in [-0.39, 0.29) is 24.7 Å². The third-order valence-corrected chi connectivity index (χ3v) is 5.13. The van der Waals surface area contributed by atoms with Crippen LogP contribution in [0.4, 0.5) is 0 Å². The van der Waals surface area contributed by atoms with Gasteiger partial charge >= 0.3 is 17.9 Å². The maximum Gasteiger partial charge on any atom is 0.326 e. The Hall–Kier alpha value is -3.22. The predicted molar refractivity (Wildman–Crippen MR) is 119 cm³/mol. The van der Waals surface area contributed by atoms with Gasteiger partial charge in [0.05, 0.1) is 12.5 Å². The van der Waals surface area contributed by atoms with Crippen molar-refractivity contribution in [2.24, 2.45) is 17.6 Å². The molecule has 0 saturated carbocycles. The fraction of sp³-hybridized carbons (Fsp3) is 0.714. The van der Waals surface area contributed by atoms with Crippen LogP contribution in [0.2, 0.25) is 0 Å². The Morgan fingerprint density at radius 1 is 0.794 bits per heavy atom. The summed E-state index contributed by atoms with van der Waals surface area (Å²) in [6.07, 6.45) is -0.845. The Kier molecular flexibility index (Phi) is 13.4. The summed E-state index contributed by atoms with van der Waals surface area (Å²) in [5, 5.41) is 34.2. The van der Waals surface area contributed by atoms with Crippen molar-refractivity contribution in [1.82, 2.24) is 16.0 Å². The lowest BCUT2D eigenvalue weighted by Gasteiger charge is -2.27. The summed E-state index contributed by atoms with van der Waals surface area (Å²) < 4.78 is 0. The second-order valence-corrected chi connectivity index (χ2v) is 8.60. The molecular formula is C21H36N4O9. The average Bonchev–Trinajstić information content (AvgIpc) is 2.72. The van der Waals surface area contributed by atoms with Crippen molar-refractivity contribution in [3.63, 3.8) is 0 Å². The number of carbonyl (C=O) groups excluding carboxylic acids is 3. The predicted octanol–water partition coefficient (Wildman–Crippen LogP) is -0.716. The number of carboxylic acids is 3. The van der Waals surface area contributed by atoms with E-state index in [2.05, 4.69) is 16.0 Å². The van der Waals surface area contributed by atoms with Gasteiger partial charge in [-0.1, -0.05) is 34.1 Å². The van der Waals surface area contributed by atoms with Crippen LogP contribution < -0.4 is 21.7 Å². The molecule has 0 aliphatic heterocycles. The van der Waals surface area contributed by atoms with Gasteiger partial charge in [0.15, 0.2) is 0 Å². The highest BCUT2D eigenvalue weighted by atomic mass is 16.4. The standard InChI is InChI=1S/C21H36N4O9/c1-5-11(4)17(21(33)34)25-20(32)13(8-10(2)3)24-19(31)14(9-16(28)29)23-18(30)12(22)6-7-15(26)27/h10-14,17H,5-9,22H2,1-4H3,(H,23,30)(H,24,31)(H,25,32)(H,26,27)(H,28,29)(H,33,34). The fourth-order valence-electron chi connectivity index (χ4n) is 2.98. The summed E-state index contributed by atoms with van der Waals surface area (Å²) in [5.41, 5.74) is 5.61. The minimum absolute atomic E-state index is 0.0973. The quantitative estimate of drug-likeness (QED) is 0.144. The zero-order chi connectivity index (χ0) is 26.6. The number of hydrogen-bond donors (Lipinski definition) is 7. The second-order valence-electron chi connectivity index (χ2n) is 8.60. The monoisotopic (exact) mass is 488 g/mol. The summed E-state index contributed by atoms with van der Waals surface area (Å²) in [5.74, 6) is -6.96. The Balaban J connectivity index is 5.54. The van der Waals surface area contributed by atoms with Gasteiger partial charge in [-0.15, -0.1) is 0 Å². The lowest BCUT2D eigenvalue weighted by Crippen LogP contribution is -2.58. The van der Waals surface area contributed by atoms with Crippen molar-refractivity contribution in [3.05, 3.63) is 0 Å². The van der Waals surface area contributed by atoms with E-state index in [0.717, 1.165) is 0 Å². The van der Waals surface area contributed by atoms with E-state index in [1.54, 1.807) is 27.7 Å². The number of rotatable bonds is 16. The van der Waals surface area contributed by atoms with Gasteiger partial charge in [-0.3, -0.25) is 24.0 Å². The number of carbonyl (C=O) groups is 6. The fourth-order valence-corrected chi connectivity index (χ4v) is 2.98. The van der Waals surface area contributed by atoms with Crippen LogP contribution >= 0.6 is 0 Å². The van der Waals surface area contributed by atoms with Crippen molar-refractivity contribution in [3.8, 4) is 0 Å². The molecule has 8 N–H and O–H groups in total. The average molecular weight is 489 g/mol. The first-order valence-electron chi connectivity index (χ1n) is 11.0. The molecule has 0 aliphatic rings. The molecule has 0 spiro atoms. The van der Waals surface area contributed by atoms with Crippen LogP contribution in [-0.4, -0.2) is 75.1 Å². The van der Waals surface area contributed by atoms with Crippen LogP contribution in [-0.2, 0) is 28.8 Å². The second kappa shape index (κ2) is 14.8. The first kappa shape index (κ1) is 30.8. The maximum atomic E-state index is 12.8. The highest BCUT2D eigenvalue weighted by molar-refractivity contribution is 5.95. The van der Waals surface area contributed by atoms with Crippen molar-refractivity contribution in [2.45, 2.75) is 84.0 Å². The number of hydrogen-bond acceptors (Lipinski definition) is 7. The van der Waals surface area contributed by atoms with Gasteiger partial charge in [0.2, 0.25) is 17.7 Å². The van der Waals surface area contributed by atoms with Crippen LogP contribution in [0.1, 0.15) is 59.8 Å². The van der Waals surface area contributed by atoms with E-state index in [0.29, 0.717) is 6.42 Å². The summed E-state index contributed by atoms with van der Waals surface area (Å²) in [6.45, 7) is 6.96. The first-order chi connectivity index (χ1) is 15.7. The molecule has 0 aliphatic carbocycles. The molecular weight excluding hydrogens is 452 g/mol. The van der Waals surface area contributed by atoms with Gasteiger partial charge in [0.1, 0.15) is 18.1 Å². The summed E-state index contributed by atoms with van der Waals surface area (Å²) in [4.78, 5) is 71.2. The topological polar surface area (TPSA) is 225 Å². The van der Waals surface area contributed by atoms with Crippen LogP contribution in [0.15, 0.2) is 0 Å². The normalized spacial score (nSPS) is 15.4. The van der Waals surface area contributed by atoms with Crippen LogP contribution in [0.3, 0.4) is 0 Å². The minimum atomic E-state index is -1.59. The Labute approximate surface area is 197 Å². The van der Waals surface area contributed by atoms with Gasteiger partial charge < -0.3 is 37.0 Å². The first-order valence-corrected chi connectivity index (χ1v) is 11.0. The molecule has 194 valence electrons. The minimum Gasteiger partial charge on any atom is -0.481 e. The van der Waals surface area contributed by atoms with E-state index in [1.165, 1.54) is 0 Å². The van der Waals surface area contributed by atoms with E-state index >= 15 is 0 Å². The van der Waals surface area contributed by atoms with Crippen molar-refractivity contribution < 1.29 is 44.1 Å². The smallest absolute Gasteiger partial charge is 0.326 e. The highest BCUT2D eigenvalue weighted by Crippen LogP contribution is 2.11. The van der Waals surface area contributed by atoms with Crippen LogP contribution in [0.5, 0.6) is 0 Å². The van der Waals surface area contributed by atoms with Crippen molar-refractivity contribution in [1.29, 1.82) is 0 Å². The molecule has 3 amide bonds. The molecule has 0 bridgehead atoms. The largest absolute Gasteiger partial charge is 0.481 e. The maximum absolute atomic E-state index is 12.8. The zero-order valence-corrected chi connectivity index (χ0v) is 19.9. The molecule has 13 heteroatoms. The molecule has 5 atom stereocenters. The Bertz CT molecular complexity index is 757. The molecule has 0 rings (SSSR count). The number of carboxylic acid groups (broad SMARTS) is 3. The lowest BCUT2D eigenvalue weighted by atomic mass is 9.97. The van der Waals surface area contributed by atoms with E-state index in [1.807, 2.05) is 0 Å². The van der Waals surface area contributed by atoms with Gasteiger partial charge in [-0.05, 0) is 24.7 Å². The summed E-state index contributed by atoms with van der Waals surface area (Å²) in [6, 6.07) is -5.26. The third kappa shape index (κ3) is 11.6. The van der Waals surface area contributed by atoms with E-state index in [4.69, 9.17) is 15.9 Å². The lowest BCUT2D eigenvalue weighted by molar-refractivity contribution is -0.144. The number of nitrogens with two attached hydrogens (primary N) is 1. The molecule has 5 unspecified atom stereocenters. The summed E-state index contributed by atoms with van der Waals surface area (Å²) in [7, 11) is 0. The van der Waals surface area contributed by atoms with Crippen LogP contribution in [0, 0.1) is 11.8 Å². The van der Waals surface area contributed by atoms with Gasteiger partial charge in [0, 0.05) is 6.42 Å². The molecule has 0 aromatic heterocycles. The molecule has 0 heterocycles. The van der Waals surface area contributed by atoms with Crippen LogP contribution in [0.25, 0.3) is 0 Å². The van der Waals surface area contributed by atoms with Gasteiger partial charge in [0.25, 0.3) is 0 Å². The SMILES string of the molecule is CCC(C)C(NC(=O)C(CC(C)C)NC(=O)C(CC(=O)O)NC(=O)C(N)CCC(=O)O)C(=O)O. The van der Waals surface area contributed by atoms with Crippen molar-refractivity contribution in [2.75, 3.05) is 0 Å². The van der Waals surface area contributed by atoms with Crippen molar-refractivity contribution >= 4 is 35.6 Å². The van der Waals surface area contributed by atoms with E-state index < -0.39 is 72.6 Å². The molecule has 0 radical (unpaired) electrons. The molecule has 13 nitrogen and oxygen atoms in total. The Morgan fingerprint density at radius 3 is 1.76 bits per heavy atom. The third-order valence-electron chi connectivity index (χ3n) is 5.13. The van der Waals surface area contributed by atoms with E-state index in [9.17, 15) is 33.9 Å². The highest BCUT2D eigenvalue weighted by Gasteiger charge is 2.33. The van der Waals surface area contributed by atoms with Gasteiger partial charge in [-0.2, -0.15) is 0 Å².